The summed E-state index contributed by atoms with van der Waals surface area (Å²) in [7, 11) is 0. The quantitative estimate of drug-likeness (QED) is 0.678. The van der Waals surface area contributed by atoms with Crippen LogP contribution in [0.3, 0.4) is 0 Å². The summed E-state index contributed by atoms with van der Waals surface area (Å²) in [6.45, 7) is 0.351. The molecule has 110 valence electrons. The van der Waals surface area contributed by atoms with Crippen molar-refractivity contribution in [2.75, 3.05) is 6.54 Å². The lowest BCUT2D eigenvalue weighted by Gasteiger charge is -2.08. The van der Waals surface area contributed by atoms with Crippen LogP contribution in [0, 0.1) is 21.7 Å². The van der Waals surface area contributed by atoms with E-state index in [9.17, 15) is 18.9 Å². The van der Waals surface area contributed by atoms with Gasteiger partial charge in [0.05, 0.1) is 4.92 Å². The molecule has 2 rings (SSSR count). The highest BCUT2D eigenvalue weighted by atomic mass is 19.1. The lowest BCUT2D eigenvalue weighted by Crippen LogP contribution is -2.03. The fourth-order valence-corrected chi connectivity index (χ4v) is 1.79. The zero-order valence-electron chi connectivity index (χ0n) is 10.9. The predicted octanol–water partition coefficient (Wildman–Crippen LogP) is 3.17. The van der Waals surface area contributed by atoms with Gasteiger partial charge in [-0.15, -0.1) is 0 Å². The Morgan fingerprint density at radius 3 is 2.48 bits per heavy atom. The Labute approximate surface area is 119 Å². The lowest BCUT2D eigenvalue weighted by atomic mass is 10.1. The second-order valence-electron chi connectivity index (χ2n) is 4.27. The third kappa shape index (κ3) is 3.51. The summed E-state index contributed by atoms with van der Waals surface area (Å²) in [5.74, 6) is -2.10. The van der Waals surface area contributed by atoms with Crippen molar-refractivity contribution >= 4 is 5.69 Å². The summed E-state index contributed by atoms with van der Waals surface area (Å²) in [6, 6.07) is 7.02. The van der Waals surface area contributed by atoms with Crippen molar-refractivity contribution < 1.29 is 18.4 Å². The summed E-state index contributed by atoms with van der Waals surface area (Å²) in [5.41, 5.74) is 5.77. The van der Waals surface area contributed by atoms with Crippen molar-refractivity contribution in [3.8, 4) is 11.5 Å². The molecule has 0 atom stereocenters. The fourth-order valence-electron chi connectivity index (χ4n) is 1.79. The monoisotopic (exact) mass is 294 g/mol. The molecule has 0 saturated heterocycles. The number of hydrogen-bond acceptors (Lipinski definition) is 4. The summed E-state index contributed by atoms with van der Waals surface area (Å²) in [5, 5.41) is 11.0. The van der Waals surface area contributed by atoms with Crippen LogP contribution in [0.25, 0.3) is 0 Å². The number of halogens is 2. The highest BCUT2D eigenvalue weighted by Gasteiger charge is 2.18. The maximum atomic E-state index is 13.5. The average molecular weight is 294 g/mol. The second-order valence-corrected chi connectivity index (χ2v) is 4.27. The van der Waals surface area contributed by atoms with E-state index in [1.54, 1.807) is 6.07 Å². The molecule has 0 aromatic heterocycles. The summed E-state index contributed by atoms with van der Waals surface area (Å²) in [6.07, 6.45) is 0.478. The predicted molar refractivity (Wildman–Crippen MR) is 72.3 cm³/mol. The van der Waals surface area contributed by atoms with Crippen molar-refractivity contribution in [2.45, 2.75) is 6.42 Å². The number of rotatable bonds is 5. The molecule has 5 nitrogen and oxygen atoms in total. The van der Waals surface area contributed by atoms with Crippen LogP contribution >= 0.6 is 0 Å². The molecular formula is C14H12F2N2O3. The molecule has 0 fully saturated rings. The number of nitro benzene ring substituents is 1. The summed E-state index contributed by atoms with van der Waals surface area (Å²) < 4.78 is 31.5. The van der Waals surface area contributed by atoms with Gasteiger partial charge in [-0.05, 0) is 36.7 Å². The van der Waals surface area contributed by atoms with Crippen molar-refractivity contribution in [1.29, 1.82) is 0 Å². The van der Waals surface area contributed by atoms with Gasteiger partial charge in [-0.1, -0.05) is 6.07 Å². The van der Waals surface area contributed by atoms with E-state index in [1.807, 2.05) is 0 Å². The van der Waals surface area contributed by atoms with Crippen LogP contribution in [0.1, 0.15) is 5.56 Å². The van der Waals surface area contributed by atoms with Crippen molar-refractivity contribution in [3.05, 3.63) is 63.7 Å². The van der Waals surface area contributed by atoms with Crippen LogP contribution in [0.2, 0.25) is 0 Å². The molecule has 0 aliphatic carbocycles. The van der Waals surface area contributed by atoms with Gasteiger partial charge in [-0.3, -0.25) is 10.1 Å². The van der Waals surface area contributed by atoms with Gasteiger partial charge in [0, 0.05) is 12.1 Å². The Morgan fingerprint density at radius 2 is 1.86 bits per heavy atom. The minimum Gasteiger partial charge on any atom is -0.447 e. The topological polar surface area (TPSA) is 78.4 Å². The first kappa shape index (κ1) is 14.9. The average Bonchev–Trinajstić information content (AvgIpc) is 2.43. The van der Waals surface area contributed by atoms with Crippen LogP contribution in [0.5, 0.6) is 11.5 Å². The van der Waals surface area contributed by atoms with E-state index in [0.717, 1.165) is 12.1 Å². The maximum Gasteiger partial charge on any atom is 0.311 e. The van der Waals surface area contributed by atoms with Gasteiger partial charge in [0.15, 0.2) is 11.6 Å². The number of nitrogens with zero attached hydrogens (tertiary/aromatic N) is 1. The first-order chi connectivity index (χ1) is 10.0. The Kier molecular flexibility index (Phi) is 4.44. The van der Waals surface area contributed by atoms with Gasteiger partial charge in [-0.2, -0.15) is 0 Å². The number of hydrogen-bond donors (Lipinski definition) is 1. The standard InChI is InChI=1S/C14H12F2N2O3/c15-10-2-4-13(11(16)8-10)21-14-3-1-9(5-6-17)7-12(14)18(19)20/h1-4,7-8H,5-6,17H2. The maximum absolute atomic E-state index is 13.5. The van der Waals surface area contributed by atoms with Gasteiger partial charge < -0.3 is 10.5 Å². The Bertz CT molecular complexity index is 677. The molecule has 0 amide bonds. The fraction of sp³-hybridized carbons (Fsp3) is 0.143. The number of nitro groups is 1. The largest absolute Gasteiger partial charge is 0.447 e. The zero-order valence-corrected chi connectivity index (χ0v) is 10.9. The normalized spacial score (nSPS) is 10.4. The van der Waals surface area contributed by atoms with Gasteiger partial charge in [0.2, 0.25) is 5.75 Å². The molecule has 0 spiro atoms. The molecule has 0 saturated carbocycles. The number of nitrogens with two attached hydrogens (primary N) is 1. The summed E-state index contributed by atoms with van der Waals surface area (Å²) >= 11 is 0. The van der Waals surface area contributed by atoms with E-state index >= 15 is 0 Å². The molecule has 0 radical (unpaired) electrons. The molecule has 0 unspecified atom stereocenters. The van der Waals surface area contributed by atoms with Crippen molar-refractivity contribution in [1.82, 2.24) is 0 Å². The molecular weight excluding hydrogens is 282 g/mol. The molecule has 2 N–H and O–H groups in total. The van der Waals surface area contributed by atoms with E-state index in [-0.39, 0.29) is 17.2 Å². The third-order valence-corrected chi connectivity index (χ3v) is 2.77. The third-order valence-electron chi connectivity index (χ3n) is 2.77. The molecule has 0 bridgehead atoms. The molecule has 0 heterocycles. The molecule has 7 heteroatoms. The van der Waals surface area contributed by atoms with Gasteiger partial charge in [0.1, 0.15) is 5.82 Å². The van der Waals surface area contributed by atoms with E-state index in [2.05, 4.69) is 0 Å². The highest BCUT2D eigenvalue weighted by molar-refractivity contribution is 5.50. The number of ether oxygens (including phenoxy) is 1. The van der Waals surface area contributed by atoms with Gasteiger partial charge >= 0.3 is 5.69 Å². The van der Waals surface area contributed by atoms with Crippen molar-refractivity contribution in [2.24, 2.45) is 5.73 Å². The summed E-state index contributed by atoms with van der Waals surface area (Å²) in [4.78, 5) is 10.4. The van der Waals surface area contributed by atoms with E-state index in [4.69, 9.17) is 10.5 Å². The first-order valence-corrected chi connectivity index (χ1v) is 6.11. The smallest absolute Gasteiger partial charge is 0.311 e. The highest BCUT2D eigenvalue weighted by Crippen LogP contribution is 2.33. The zero-order chi connectivity index (χ0) is 15.4. The second kappa shape index (κ2) is 6.27. The van der Waals surface area contributed by atoms with Crippen molar-refractivity contribution in [3.63, 3.8) is 0 Å². The lowest BCUT2D eigenvalue weighted by molar-refractivity contribution is -0.385. The van der Waals surface area contributed by atoms with E-state index in [0.29, 0.717) is 24.6 Å². The van der Waals surface area contributed by atoms with Crippen LogP contribution < -0.4 is 10.5 Å². The minimum atomic E-state index is -0.935. The molecule has 0 aliphatic heterocycles. The minimum absolute atomic E-state index is 0.119. The SMILES string of the molecule is NCCc1ccc(Oc2ccc(F)cc2F)c([N+](=O)[O-])c1. The molecule has 2 aromatic rings. The van der Waals surface area contributed by atoms with E-state index in [1.165, 1.54) is 12.1 Å². The first-order valence-electron chi connectivity index (χ1n) is 6.11. The molecule has 0 aliphatic rings. The number of benzene rings is 2. The molecule has 2 aromatic carbocycles. The van der Waals surface area contributed by atoms with Gasteiger partial charge in [0.25, 0.3) is 0 Å². The Morgan fingerprint density at radius 1 is 1.14 bits per heavy atom. The van der Waals surface area contributed by atoms with E-state index < -0.39 is 16.6 Å². The van der Waals surface area contributed by atoms with Crippen LogP contribution in [-0.4, -0.2) is 11.5 Å². The van der Waals surface area contributed by atoms with Crippen LogP contribution in [0.15, 0.2) is 36.4 Å². The van der Waals surface area contributed by atoms with Gasteiger partial charge in [-0.25, -0.2) is 8.78 Å². The Balaban J connectivity index is 2.36. The van der Waals surface area contributed by atoms with Crippen LogP contribution in [-0.2, 0) is 6.42 Å². The van der Waals surface area contributed by atoms with Crippen LogP contribution in [0.4, 0.5) is 14.5 Å². The molecule has 21 heavy (non-hydrogen) atoms. The Hall–Kier alpha value is -2.54.